The number of piperidine rings is 1. The summed E-state index contributed by atoms with van der Waals surface area (Å²) in [4.78, 5) is 2.56. The van der Waals surface area contributed by atoms with Gasteiger partial charge in [0.1, 0.15) is 11.6 Å². The Kier molecular flexibility index (Phi) is 3.38. The molecule has 1 N–H and O–H groups in total. The Morgan fingerprint density at radius 1 is 1.06 bits per heavy atom. The van der Waals surface area contributed by atoms with E-state index < -0.39 is 0 Å². The minimum absolute atomic E-state index is 0.872. The molecule has 17 heavy (non-hydrogen) atoms. The van der Waals surface area contributed by atoms with E-state index >= 15 is 0 Å². The van der Waals surface area contributed by atoms with Crippen LogP contribution in [0.3, 0.4) is 0 Å². The van der Waals surface area contributed by atoms with Gasteiger partial charge in [0.15, 0.2) is 0 Å². The number of nitrogens with one attached hydrogen (secondary N) is 1. The molecule has 0 aromatic carbocycles. The van der Waals surface area contributed by atoms with Crippen molar-refractivity contribution in [2.75, 3.05) is 26.2 Å². The third kappa shape index (κ3) is 2.50. The molecule has 0 amide bonds. The van der Waals surface area contributed by atoms with Crippen molar-refractivity contribution < 1.29 is 0 Å². The molecule has 5 heteroatoms. The van der Waals surface area contributed by atoms with Crippen LogP contribution in [0, 0.1) is 0 Å². The smallest absolute Gasteiger partial charge is 0.147 e. The maximum Gasteiger partial charge on any atom is 0.147 e. The molecule has 3 heterocycles. The largest absolute Gasteiger partial charge is 0.313 e. The first-order valence-electron chi connectivity index (χ1n) is 6.77. The van der Waals surface area contributed by atoms with Crippen LogP contribution in [0.15, 0.2) is 0 Å². The van der Waals surface area contributed by atoms with Gasteiger partial charge in [0.25, 0.3) is 0 Å². The Balaban J connectivity index is 1.59. The van der Waals surface area contributed by atoms with E-state index in [2.05, 4.69) is 25.0 Å². The number of hydrogen-bond donors (Lipinski definition) is 1. The number of hydrogen-bond acceptors (Lipinski definition) is 4. The molecule has 2 aliphatic heterocycles. The lowest BCUT2D eigenvalue weighted by molar-refractivity contribution is 0.229. The Bertz CT molecular complexity index is 367. The van der Waals surface area contributed by atoms with Crippen molar-refractivity contribution in [1.29, 1.82) is 0 Å². The molecule has 0 bridgehead atoms. The van der Waals surface area contributed by atoms with Crippen molar-refractivity contribution in [3.63, 3.8) is 0 Å². The van der Waals surface area contributed by atoms with E-state index in [0.29, 0.717) is 0 Å². The summed E-state index contributed by atoms with van der Waals surface area (Å²) in [7, 11) is 0. The molecule has 0 unspecified atom stereocenters. The summed E-state index contributed by atoms with van der Waals surface area (Å²) >= 11 is 0. The van der Waals surface area contributed by atoms with Gasteiger partial charge in [0.05, 0.1) is 6.54 Å². The lowest BCUT2D eigenvalue weighted by Crippen LogP contribution is -2.33. The molecule has 0 spiro atoms. The first kappa shape index (κ1) is 11.2. The Labute approximate surface area is 102 Å². The first-order valence-corrected chi connectivity index (χ1v) is 6.77. The van der Waals surface area contributed by atoms with E-state index in [0.717, 1.165) is 38.4 Å². The van der Waals surface area contributed by atoms with Crippen molar-refractivity contribution in [2.45, 2.75) is 38.8 Å². The van der Waals surface area contributed by atoms with Gasteiger partial charge < -0.3 is 14.8 Å². The number of nitrogens with zero attached hydrogens (tertiary/aromatic N) is 4. The molecule has 1 aromatic heterocycles. The van der Waals surface area contributed by atoms with Crippen molar-refractivity contribution >= 4 is 0 Å². The van der Waals surface area contributed by atoms with E-state index in [-0.39, 0.29) is 0 Å². The summed E-state index contributed by atoms with van der Waals surface area (Å²) < 4.78 is 2.29. The van der Waals surface area contributed by atoms with Crippen LogP contribution in [0.25, 0.3) is 0 Å². The highest BCUT2D eigenvalue weighted by Gasteiger charge is 2.16. The zero-order valence-corrected chi connectivity index (χ0v) is 10.4. The zero-order chi connectivity index (χ0) is 11.5. The molecule has 1 saturated heterocycles. The normalized spacial score (nSPS) is 21.4. The molecule has 5 nitrogen and oxygen atoms in total. The quantitative estimate of drug-likeness (QED) is 0.824. The van der Waals surface area contributed by atoms with E-state index in [1.54, 1.807) is 0 Å². The van der Waals surface area contributed by atoms with Crippen molar-refractivity contribution in [1.82, 2.24) is 25.0 Å². The maximum atomic E-state index is 4.33. The third-order valence-electron chi connectivity index (χ3n) is 3.80. The average Bonchev–Trinajstić information content (AvgIpc) is 2.81. The van der Waals surface area contributed by atoms with Crippen LogP contribution in [0.5, 0.6) is 0 Å². The summed E-state index contributed by atoms with van der Waals surface area (Å²) in [6.07, 6.45) is 5.18. The number of likely N-dealkylation sites (tertiary alicyclic amines) is 1. The topological polar surface area (TPSA) is 46.0 Å². The van der Waals surface area contributed by atoms with Gasteiger partial charge in [-0.15, -0.1) is 10.2 Å². The van der Waals surface area contributed by atoms with Crippen LogP contribution in [0.1, 0.15) is 30.9 Å². The van der Waals surface area contributed by atoms with E-state index in [9.17, 15) is 0 Å². The lowest BCUT2D eigenvalue weighted by Gasteiger charge is -2.26. The summed E-state index contributed by atoms with van der Waals surface area (Å²) in [5.74, 6) is 2.27. The van der Waals surface area contributed by atoms with Crippen LogP contribution in [-0.4, -0.2) is 45.8 Å². The van der Waals surface area contributed by atoms with Crippen molar-refractivity contribution in [3.8, 4) is 0 Å². The minimum atomic E-state index is 0.872. The fraction of sp³-hybridized carbons (Fsp3) is 0.833. The van der Waals surface area contributed by atoms with Gasteiger partial charge in [0.2, 0.25) is 0 Å². The highest BCUT2D eigenvalue weighted by molar-refractivity contribution is 4.99. The molecule has 94 valence electrons. The summed E-state index contributed by atoms with van der Waals surface area (Å²) in [6, 6.07) is 0. The molecule has 3 rings (SSSR count). The zero-order valence-electron chi connectivity index (χ0n) is 10.4. The molecular formula is C12H21N5. The highest BCUT2D eigenvalue weighted by Crippen LogP contribution is 2.11. The van der Waals surface area contributed by atoms with Gasteiger partial charge in [-0.05, 0) is 25.9 Å². The van der Waals surface area contributed by atoms with Gasteiger partial charge in [-0.1, -0.05) is 6.42 Å². The Morgan fingerprint density at radius 3 is 2.82 bits per heavy atom. The van der Waals surface area contributed by atoms with E-state index in [4.69, 9.17) is 0 Å². The van der Waals surface area contributed by atoms with Crippen LogP contribution < -0.4 is 5.32 Å². The maximum absolute atomic E-state index is 4.33. The molecular weight excluding hydrogens is 214 g/mol. The average molecular weight is 235 g/mol. The van der Waals surface area contributed by atoms with E-state index in [1.165, 1.54) is 38.2 Å². The van der Waals surface area contributed by atoms with Crippen LogP contribution in [0.4, 0.5) is 0 Å². The van der Waals surface area contributed by atoms with Gasteiger partial charge in [-0.2, -0.15) is 0 Å². The summed E-state index contributed by atoms with van der Waals surface area (Å²) in [5.41, 5.74) is 0. The second-order valence-corrected chi connectivity index (χ2v) is 5.01. The van der Waals surface area contributed by atoms with E-state index in [1.807, 2.05) is 0 Å². The number of fused-ring (bicyclic) bond motifs is 1. The first-order chi connectivity index (χ1) is 8.43. The third-order valence-corrected chi connectivity index (χ3v) is 3.80. The molecule has 1 fully saturated rings. The molecule has 0 saturated carbocycles. The summed E-state index contributed by atoms with van der Waals surface area (Å²) in [6.45, 7) is 6.62. The Morgan fingerprint density at radius 2 is 1.94 bits per heavy atom. The molecule has 2 aliphatic rings. The molecule has 0 radical (unpaired) electrons. The van der Waals surface area contributed by atoms with Crippen LogP contribution >= 0.6 is 0 Å². The number of rotatable bonds is 3. The molecule has 1 aromatic rings. The van der Waals surface area contributed by atoms with Gasteiger partial charge >= 0.3 is 0 Å². The standard InChI is InChI=1S/C12H21N5/c1-2-6-16(7-3-1)8-4-11-14-15-12-10-13-5-9-17(11)12/h13H,1-10H2. The fourth-order valence-electron chi connectivity index (χ4n) is 2.78. The predicted molar refractivity (Wildman–Crippen MR) is 65.7 cm³/mol. The predicted octanol–water partition coefficient (Wildman–Crippen LogP) is 0.410. The lowest BCUT2D eigenvalue weighted by atomic mass is 10.1. The second-order valence-electron chi connectivity index (χ2n) is 5.01. The highest BCUT2D eigenvalue weighted by atomic mass is 15.3. The minimum Gasteiger partial charge on any atom is -0.313 e. The SMILES string of the molecule is C1CCN(CCc2nnc3n2CCNC3)CC1. The Hall–Kier alpha value is -0.940. The monoisotopic (exact) mass is 235 g/mol. The van der Waals surface area contributed by atoms with Crippen molar-refractivity contribution in [2.24, 2.45) is 0 Å². The van der Waals surface area contributed by atoms with Gasteiger partial charge in [-0.25, -0.2) is 0 Å². The fourth-order valence-corrected chi connectivity index (χ4v) is 2.78. The second kappa shape index (κ2) is 5.14. The molecule has 0 atom stereocenters. The van der Waals surface area contributed by atoms with Crippen molar-refractivity contribution in [3.05, 3.63) is 11.6 Å². The van der Waals surface area contributed by atoms with Gasteiger partial charge in [-0.3, -0.25) is 0 Å². The van der Waals surface area contributed by atoms with Crippen LogP contribution in [0.2, 0.25) is 0 Å². The van der Waals surface area contributed by atoms with Gasteiger partial charge in [0, 0.05) is 26.1 Å². The van der Waals surface area contributed by atoms with Crippen LogP contribution in [-0.2, 0) is 19.5 Å². The number of aromatic nitrogens is 3. The summed E-state index contributed by atoms with van der Waals surface area (Å²) in [5, 5.41) is 11.9. The molecule has 0 aliphatic carbocycles.